The van der Waals surface area contributed by atoms with Gasteiger partial charge in [-0.15, -0.1) is 11.8 Å². The van der Waals surface area contributed by atoms with E-state index in [4.69, 9.17) is 5.73 Å². The number of thioether (sulfide) groups is 1. The molecule has 2 N–H and O–H groups in total. The SMILES string of the molecule is NC(CSc1ccccc1F)c1c(F)cccc1F. The lowest BCUT2D eigenvalue weighted by Crippen LogP contribution is -2.16. The summed E-state index contributed by atoms with van der Waals surface area (Å²) in [5.41, 5.74) is 5.61. The van der Waals surface area contributed by atoms with E-state index >= 15 is 0 Å². The Kier molecular flexibility index (Phi) is 4.50. The van der Waals surface area contributed by atoms with E-state index in [9.17, 15) is 13.2 Å². The summed E-state index contributed by atoms with van der Waals surface area (Å²) in [7, 11) is 0. The molecule has 0 aliphatic carbocycles. The smallest absolute Gasteiger partial charge is 0.136 e. The van der Waals surface area contributed by atoms with Gasteiger partial charge < -0.3 is 5.73 Å². The Hall–Kier alpha value is -1.46. The van der Waals surface area contributed by atoms with E-state index in [0.717, 1.165) is 23.9 Å². The molecule has 0 spiro atoms. The third kappa shape index (κ3) is 3.30. The largest absolute Gasteiger partial charge is 0.323 e. The van der Waals surface area contributed by atoms with Gasteiger partial charge in [-0.1, -0.05) is 18.2 Å². The first kappa shape index (κ1) is 14.0. The molecule has 19 heavy (non-hydrogen) atoms. The maximum absolute atomic E-state index is 13.5. The minimum Gasteiger partial charge on any atom is -0.323 e. The molecule has 0 saturated heterocycles. The van der Waals surface area contributed by atoms with Gasteiger partial charge in [0.2, 0.25) is 0 Å². The molecular formula is C14H12F3NS. The highest BCUT2D eigenvalue weighted by molar-refractivity contribution is 7.99. The molecule has 0 aliphatic heterocycles. The van der Waals surface area contributed by atoms with Gasteiger partial charge in [0, 0.05) is 22.3 Å². The third-order valence-electron chi connectivity index (χ3n) is 2.63. The maximum Gasteiger partial charge on any atom is 0.136 e. The molecule has 2 aromatic carbocycles. The van der Waals surface area contributed by atoms with Crippen molar-refractivity contribution in [3.63, 3.8) is 0 Å². The summed E-state index contributed by atoms with van der Waals surface area (Å²) in [4.78, 5) is 0.412. The Balaban J connectivity index is 2.10. The van der Waals surface area contributed by atoms with Crippen LogP contribution in [0.4, 0.5) is 13.2 Å². The van der Waals surface area contributed by atoms with Gasteiger partial charge in [0.05, 0.1) is 0 Å². The molecule has 0 saturated carbocycles. The van der Waals surface area contributed by atoms with Gasteiger partial charge >= 0.3 is 0 Å². The van der Waals surface area contributed by atoms with Crippen LogP contribution in [-0.2, 0) is 0 Å². The van der Waals surface area contributed by atoms with Crippen LogP contribution >= 0.6 is 11.8 Å². The number of rotatable bonds is 4. The zero-order chi connectivity index (χ0) is 13.8. The third-order valence-corrected chi connectivity index (χ3v) is 3.79. The summed E-state index contributed by atoms with van der Waals surface area (Å²) in [6.07, 6.45) is 0. The van der Waals surface area contributed by atoms with Crippen LogP contribution in [0.5, 0.6) is 0 Å². The van der Waals surface area contributed by atoms with Crippen molar-refractivity contribution in [3.8, 4) is 0 Å². The van der Waals surface area contributed by atoms with Crippen LogP contribution in [0.25, 0.3) is 0 Å². The van der Waals surface area contributed by atoms with Crippen molar-refractivity contribution in [2.24, 2.45) is 5.73 Å². The number of benzene rings is 2. The minimum absolute atomic E-state index is 0.161. The highest BCUT2D eigenvalue weighted by Gasteiger charge is 2.17. The predicted molar refractivity (Wildman–Crippen MR) is 70.4 cm³/mol. The lowest BCUT2D eigenvalue weighted by Gasteiger charge is -2.13. The van der Waals surface area contributed by atoms with E-state index in [-0.39, 0.29) is 17.1 Å². The lowest BCUT2D eigenvalue weighted by molar-refractivity contribution is 0.538. The van der Waals surface area contributed by atoms with Crippen LogP contribution in [0.15, 0.2) is 47.4 Å². The number of halogens is 3. The minimum atomic E-state index is -0.828. The van der Waals surface area contributed by atoms with Crippen LogP contribution in [0.1, 0.15) is 11.6 Å². The Morgan fingerprint density at radius 3 is 2.11 bits per heavy atom. The van der Waals surface area contributed by atoms with Gasteiger partial charge in [-0.3, -0.25) is 0 Å². The summed E-state index contributed by atoms with van der Waals surface area (Å²) >= 11 is 1.13. The predicted octanol–water partition coefficient (Wildman–Crippen LogP) is 3.90. The van der Waals surface area contributed by atoms with Gasteiger partial charge in [-0.2, -0.15) is 0 Å². The summed E-state index contributed by atoms with van der Waals surface area (Å²) in [6.45, 7) is 0. The molecule has 1 nitrogen and oxygen atoms in total. The average Bonchev–Trinajstić information content (AvgIpc) is 2.37. The van der Waals surface area contributed by atoms with Gasteiger partial charge in [0.25, 0.3) is 0 Å². The van der Waals surface area contributed by atoms with Crippen molar-refractivity contribution in [3.05, 3.63) is 65.5 Å². The molecule has 1 unspecified atom stereocenters. The topological polar surface area (TPSA) is 26.0 Å². The van der Waals surface area contributed by atoms with Gasteiger partial charge in [0.15, 0.2) is 0 Å². The van der Waals surface area contributed by atoms with Crippen molar-refractivity contribution in [2.75, 3.05) is 5.75 Å². The van der Waals surface area contributed by atoms with Crippen LogP contribution in [-0.4, -0.2) is 5.75 Å². The molecule has 5 heteroatoms. The van der Waals surface area contributed by atoms with Gasteiger partial charge in [-0.05, 0) is 24.3 Å². The summed E-state index contributed by atoms with van der Waals surface area (Å²) in [5.74, 6) is -1.53. The number of nitrogens with two attached hydrogens (primary N) is 1. The van der Waals surface area contributed by atoms with Gasteiger partial charge in [0.1, 0.15) is 17.5 Å². The molecule has 0 aromatic heterocycles. The van der Waals surface area contributed by atoms with Crippen molar-refractivity contribution in [1.82, 2.24) is 0 Å². The van der Waals surface area contributed by atoms with E-state index in [1.807, 2.05) is 0 Å². The van der Waals surface area contributed by atoms with Crippen molar-refractivity contribution >= 4 is 11.8 Å². The molecular weight excluding hydrogens is 271 g/mol. The Bertz CT molecular complexity index is 554. The zero-order valence-corrected chi connectivity index (χ0v) is 10.8. The van der Waals surface area contributed by atoms with Crippen LogP contribution < -0.4 is 5.73 Å². The molecule has 0 aliphatic rings. The summed E-state index contributed by atoms with van der Waals surface area (Å²) in [5, 5.41) is 0. The average molecular weight is 283 g/mol. The standard InChI is InChI=1S/C14H12F3NS/c15-9-4-1-2-7-13(9)19-8-12(18)14-10(16)5-3-6-11(14)17/h1-7,12H,8,18H2. The quantitative estimate of drug-likeness (QED) is 0.861. The second kappa shape index (κ2) is 6.12. The van der Waals surface area contributed by atoms with E-state index in [0.29, 0.717) is 4.90 Å². The maximum atomic E-state index is 13.5. The van der Waals surface area contributed by atoms with Crippen molar-refractivity contribution < 1.29 is 13.2 Å². The molecule has 100 valence electrons. The van der Waals surface area contributed by atoms with E-state index in [2.05, 4.69) is 0 Å². The van der Waals surface area contributed by atoms with Crippen LogP contribution in [0.3, 0.4) is 0 Å². The normalized spacial score (nSPS) is 12.4. The summed E-state index contributed by atoms with van der Waals surface area (Å²) in [6, 6.07) is 8.98. The molecule has 0 bridgehead atoms. The fraction of sp³-hybridized carbons (Fsp3) is 0.143. The molecule has 0 fully saturated rings. The Morgan fingerprint density at radius 1 is 0.895 bits per heavy atom. The second-order valence-corrected chi connectivity index (χ2v) is 5.05. The molecule has 0 heterocycles. The van der Waals surface area contributed by atoms with Crippen LogP contribution in [0, 0.1) is 17.5 Å². The highest BCUT2D eigenvalue weighted by Crippen LogP contribution is 2.27. The molecule has 2 aromatic rings. The molecule has 0 radical (unpaired) electrons. The Morgan fingerprint density at radius 2 is 1.47 bits per heavy atom. The zero-order valence-electron chi connectivity index (χ0n) is 9.95. The highest BCUT2D eigenvalue weighted by atomic mass is 32.2. The van der Waals surface area contributed by atoms with Crippen molar-refractivity contribution in [2.45, 2.75) is 10.9 Å². The van der Waals surface area contributed by atoms with E-state index in [1.54, 1.807) is 18.2 Å². The first-order valence-electron chi connectivity index (χ1n) is 5.66. The van der Waals surface area contributed by atoms with Gasteiger partial charge in [-0.25, -0.2) is 13.2 Å². The first-order chi connectivity index (χ1) is 9.09. The Labute approximate surface area is 113 Å². The monoisotopic (exact) mass is 283 g/mol. The van der Waals surface area contributed by atoms with Crippen LogP contribution in [0.2, 0.25) is 0 Å². The van der Waals surface area contributed by atoms with E-state index in [1.165, 1.54) is 12.1 Å². The molecule has 0 amide bonds. The molecule has 1 atom stereocenters. The fourth-order valence-electron chi connectivity index (χ4n) is 1.69. The summed E-state index contributed by atoms with van der Waals surface area (Å²) < 4.78 is 40.4. The number of hydrogen-bond donors (Lipinski definition) is 1. The fourth-order valence-corrected chi connectivity index (χ4v) is 2.60. The number of hydrogen-bond acceptors (Lipinski definition) is 2. The van der Waals surface area contributed by atoms with E-state index < -0.39 is 17.7 Å². The molecule has 2 rings (SSSR count). The van der Waals surface area contributed by atoms with Crippen molar-refractivity contribution in [1.29, 1.82) is 0 Å². The first-order valence-corrected chi connectivity index (χ1v) is 6.65. The lowest BCUT2D eigenvalue weighted by atomic mass is 10.1. The second-order valence-electron chi connectivity index (χ2n) is 3.98.